The molecule has 0 unspecified atom stereocenters. The summed E-state index contributed by atoms with van der Waals surface area (Å²) in [5, 5.41) is 20.0. The van der Waals surface area contributed by atoms with Gasteiger partial charge in [-0.25, -0.2) is 4.98 Å². The lowest BCUT2D eigenvalue weighted by molar-refractivity contribution is 0.427. The van der Waals surface area contributed by atoms with Crippen LogP contribution in [-0.2, 0) is 6.54 Å². The Morgan fingerprint density at radius 1 is 1.23 bits per heavy atom. The van der Waals surface area contributed by atoms with Crippen LogP contribution in [0.15, 0.2) is 46.8 Å². The predicted octanol–water partition coefficient (Wildman–Crippen LogP) is 5.48. The molecule has 0 aliphatic heterocycles. The molecule has 0 radical (unpaired) electrons. The molecule has 0 saturated heterocycles. The first-order valence-corrected chi connectivity index (χ1v) is 7.40. The van der Waals surface area contributed by atoms with E-state index in [-0.39, 0.29) is 11.7 Å². The zero-order valence-electron chi connectivity index (χ0n) is 11.7. The number of aromatic nitrogens is 2. The third kappa shape index (κ3) is 2.53. The van der Waals surface area contributed by atoms with Crippen molar-refractivity contribution in [2.75, 3.05) is 0 Å². The van der Waals surface area contributed by atoms with Crippen LogP contribution in [0.3, 0.4) is 0 Å². The van der Waals surface area contributed by atoms with E-state index in [0.717, 1.165) is 10.9 Å². The maximum Gasteiger partial charge on any atom is 0.220 e. The third-order valence-corrected chi connectivity index (χ3v) is 3.75. The SMILES string of the molecule is CCn1c(O)c(N=Nc2ncc(Cl)cc2Cl)c2ccccc21. The van der Waals surface area contributed by atoms with Crippen molar-refractivity contribution in [3.63, 3.8) is 0 Å². The summed E-state index contributed by atoms with van der Waals surface area (Å²) < 4.78 is 1.76. The fraction of sp³-hybridized carbons (Fsp3) is 0.133. The minimum atomic E-state index is 0.0672. The minimum absolute atomic E-state index is 0.0672. The van der Waals surface area contributed by atoms with Gasteiger partial charge in [-0.15, -0.1) is 10.2 Å². The van der Waals surface area contributed by atoms with E-state index in [9.17, 15) is 5.11 Å². The summed E-state index contributed by atoms with van der Waals surface area (Å²) in [6.07, 6.45) is 1.44. The zero-order chi connectivity index (χ0) is 15.7. The number of nitrogens with zero attached hydrogens (tertiary/aromatic N) is 4. The largest absolute Gasteiger partial charge is 0.493 e. The topological polar surface area (TPSA) is 62.8 Å². The Balaban J connectivity index is 2.11. The fourth-order valence-corrected chi connectivity index (χ4v) is 2.69. The van der Waals surface area contributed by atoms with Gasteiger partial charge in [0.25, 0.3) is 0 Å². The van der Waals surface area contributed by atoms with Gasteiger partial charge in [0.15, 0.2) is 11.5 Å². The lowest BCUT2D eigenvalue weighted by Gasteiger charge is -2.01. The molecule has 3 aromatic rings. The number of aryl methyl sites for hydroxylation is 1. The number of aromatic hydroxyl groups is 1. The van der Waals surface area contributed by atoms with Gasteiger partial charge in [0.2, 0.25) is 5.88 Å². The number of benzene rings is 1. The molecule has 7 heteroatoms. The Labute approximate surface area is 136 Å². The van der Waals surface area contributed by atoms with Gasteiger partial charge in [0, 0.05) is 18.1 Å². The molecule has 0 saturated carbocycles. The van der Waals surface area contributed by atoms with E-state index < -0.39 is 0 Å². The summed E-state index contributed by atoms with van der Waals surface area (Å²) >= 11 is 11.8. The smallest absolute Gasteiger partial charge is 0.220 e. The number of para-hydroxylation sites is 1. The van der Waals surface area contributed by atoms with Crippen LogP contribution in [0.25, 0.3) is 10.9 Å². The van der Waals surface area contributed by atoms with Crippen LogP contribution in [0, 0.1) is 0 Å². The van der Waals surface area contributed by atoms with Gasteiger partial charge in [-0.1, -0.05) is 41.4 Å². The zero-order valence-corrected chi connectivity index (χ0v) is 13.2. The van der Waals surface area contributed by atoms with Crippen LogP contribution in [0.4, 0.5) is 11.5 Å². The first-order valence-electron chi connectivity index (χ1n) is 6.64. The lowest BCUT2D eigenvalue weighted by Crippen LogP contribution is -1.91. The summed E-state index contributed by atoms with van der Waals surface area (Å²) in [4.78, 5) is 4.02. The van der Waals surface area contributed by atoms with Crippen LogP contribution in [0.2, 0.25) is 10.0 Å². The summed E-state index contributed by atoms with van der Waals surface area (Å²) in [7, 11) is 0. The molecule has 0 aliphatic rings. The van der Waals surface area contributed by atoms with Gasteiger partial charge >= 0.3 is 0 Å². The average Bonchev–Trinajstić information content (AvgIpc) is 2.78. The molecule has 0 bridgehead atoms. The van der Waals surface area contributed by atoms with Crippen molar-refractivity contribution < 1.29 is 5.11 Å². The number of rotatable bonds is 3. The van der Waals surface area contributed by atoms with E-state index in [4.69, 9.17) is 23.2 Å². The maximum absolute atomic E-state index is 10.3. The second kappa shape index (κ2) is 5.94. The average molecular weight is 335 g/mol. The highest BCUT2D eigenvalue weighted by molar-refractivity contribution is 6.35. The normalized spacial score (nSPS) is 11.6. The highest BCUT2D eigenvalue weighted by Crippen LogP contribution is 2.39. The van der Waals surface area contributed by atoms with E-state index in [2.05, 4.69) is 15.2 Å². The molecule has 0 amide bonds. The highest BCUT2D eigenvalue weighted by Gasteiger charge is 2.15. The quantitative estimate of drug-likeness (QED) is 0.644. The number of fused-ring (bicyclic) bond motifs is 1. The van der Waals surface area contributed by atoms with Crippen LogP contribution in [0.1, 0.15) is 6.92 Å². The van der Waals surface area contributed by atoms with Gasteiger partial charge in [-0.05, 0) is 19.1 Å². The summed E-state index contributed by atoms with van der Waals surface area (Å²) in [6.45, 7) is 2.58. The third-order valence-electron chi connectivity index (χ3n) is 3.27. The van der Waals surface area contributed by atoms with Crippen molar-refractivity contribution in [2.45, 2.75) is 13.5 Å². The second-order valence-electron chi connectivity index (χ2n) is 4.59. The highest BCUT2D eigenvalue weighted by atomic mass is 35.5. The molecule has 0 aliphatic carbocycles. The Bertz CT molecular complexity index is 873. The van der Waals surface area contributed by atoms with E-state index in [0.29, 0.717) is 22.3 Å². The van der Waals surface area contributed by atoms with Crippen LogP contribution in [0.5, 0.6) is 5.88 Å². The second-order valence-corrected chi connectivity index (χ2v) is 5.44. The van der Waals surface area contributed by atoms with E-state index in [1.54, 1.807) is 10.6 Å². The molecular formula is C15H12Cl2N4O. The Morgan fingerprint density at radius 2 is 2.00 bits per heavy atom. The molecule has 1 aromatic carbocycles. The summed E-state index contributed by atoms with van der Waals surface area (Å²) in [5.74, 6) is 0.316. The van der Waals surface area contributed by atoms with Gasteiger partial charge in [-0.2, -0.15) is 0 Å². The molecule has 1 N–H and O–H groups in total. The molecular weight excluding hydrogens is 323 g/mol. The van der Waals surface area contributed by atoms with Crippen LogP contribution < -0.4 is 0 Å². The van der Waals surface area contributed by atoms with E-state index in [1.165, 1.54) is 6.20 Å². The van der Waals surface area contributed by atoms with Crippen LogP contribution >= 0.6 is 23.2 Å². The number of pyridine rings is 1. The molecule has 112 valence electrons. The molecule has 5 nitrogen and oxygen atoms in total. The Hall–Kier alpha value is -2.11. The number of azo groups is 1. The first-order chi connectivity index (χ1) is 10.6. The monoisotopic (exact) mass is 334 g/mol. The Morgan fingerprint density at radius 3 is 2.73 bits per heavy atom. The Kier molecular flexibility index (Phi) is 4.00. The van der Waals surface area contributed by atoms with Gasteiger partial charge in [0.1, 0.15) is 0 Å². The van der Waals surface area contributed by atoms with Crippen LogP contribution in [-0.4, -0.2) is 14.7 Å². The maximum atomic E-state index is 10.3. The van der Waals surface area contributed by atoms with Crippen molar-refractivity contribution in [1.29, 1.82) is 0 Å². The molecule has 0 fully saturated rings. The van der Waals surface area contributed by atoms with Crippen molar-refractivity contribution in [2.24, 2.45) is 10.2 Å². The van der Waals surface area contributed by atoms with Crippen molar-refractivity contribution in [3.8, 4) is 5.88 Å². The molecule has 2 aromatic heterocycles. The predicted molar refractivity (Wildman–Crippen MR) is 87.7 cm³/mol. The number of halogens is 2. The summed E-state index contributed by atoms with van der Waals surface area (Å²) in [5.41, 5.74) is 1.29. The van der Waals surface area contributed by atoms with Crippen molar-refractivity contribution >= 4 is 45.6 Å². The molecule has 0 atom stereocenters. The lowest BCUT2D eigenvalue weighted by atomic mass is 10.2. The van der Waals surface area contributed by atoms with Crippen molar-refractivity contribution in [3.05, 3.63) is 46.6 Å². The fourth-order valence-electron chi connectivity index (χ4n) is 2.27. The van der Waals surface area contributed by atoms with E-state index in [1.807, 2.05) is 31.2 Å². The minimum Gasteiger partial charge on any atom is -0.493 e. The van der Waals surface area contributed by atoms with E-state index >= 15 is 0 Å². The number of hydrogen-bond acceptors (Lipinski definition) is 4. The summed E-state index contributed by atoms with van der Waals surface area (Å²) in [6, 6.07) is 9.14. The standard InChI is InChI=1S/C15H12Cl2N4O/c1-2-21-12-6-4-3-5-10(12)13(15(21)22)19-20-14-11(17)7-9(16)8-18-14/h3-8,22H,2H2,1H3. The van der Waals surface area contributed by atoms with Crippen molar-refractivity contribution in [1.82, 2.24) is 9.55 Å². The molecule has 3 rings (SSSR count). The molecule has 22 heavy (non-hydrogen) atoms. The van der Waals surface area contributed by atoms with Gasteiger partial charge < -0.3 is 9.67 Å². The molecule has 2 heterocycles. The molecule has 0 spiro atoms. The number of hydrogen-bond donors (Lipinski definition) is 1. The first kappa shape index (κ1) is 14.8. The van der Waals surface area contributed by atoms with Gasteiger partial charge in [-0.3, -0.25) is 0 Å². The van der Waals surface area contributed by atoms with Gasteiger partial charge in [0.05, 0.1) is 15.6 Å².